The van der Waals surface area contributed by atoms with Crippen LogP contribution in [-0.2, 0) is 6.42 Å². The van der Waals surface area contributed by atoms with Crippen LogP contribution in [0.1, 0.15) is 30.5 Å². The molecule has 0 aliphatic rings. The Morgan fingerprint density at radius 1 is 1.22 bits per heavy atom. The summed E-state index contributed by atoms with van der Waals surface area (Å²) in [6.07, 6.45) is 1.12. The van der Waals surface area contributed by atoms with Crippen molar-refractivity contribution < 1.29 is 0 Å². The molecule has 0 aliphatic heterocycles. The Balaban J connectivity index is 2.59. The molecule has 0 amide bonds. The van der Waals surface area contributed by atoms with Crippen LogP contribution in [0.3, 0.4) is 0 Å². The maximum absolute atomic E-state index is 3.26. The lowest BCUT2D eigenvalue weighted by Gasteiger charge is -2.35. The zero-order valence-corrected chi connectivity index (χ0v) is 12.8. The molecule has 0 saturated carbocycles. The van der Waals surface area contributed by atoms with E-state index in [1.165, 1.54) is 16.7 Å². The predicted octanol–water partition coefficient (Wildman–Crippen LogP) is 2.78. The molecule has 0 saturated heterocycles. The molecule has 0 radical (unpaired) electrons. The molecule has 0 aromatic heterocycles. The van der Waals surface area contributed by atoms with Gasteiger partial charge in [-0.3, -0.25) is 4.90 Å². The van der Waals surface area contributed by atoms with E-state index >= 15 is 0 Å². The van der Waals surface area contributed by atoms with Crippen molar-refractivity contribution in [2.45, 2.75) is 39.7 Å². The highest BCUT2D eigenvalue weighted by molar-refractivity contribution is 5.30. The molecule has 0 aliphatic carbocycles. The fourth-order valence-corrected chi connectivity index (χ4v) is 2.28. The number of aryl methyl sites for hydroxylation is 2. The molecule has 1 aromatic rings. The van der Waals surface area contributed by atoms with Gasteiger partial charge in [-0.1, -0.05) is 23.8 Å². The average Bonchev–Trinajstić information content (AvgIpc) is 2.27. The summed E-state index contributed by atoms with van der Waals surface area (Å²) in [6.45, 7) is 11.0. The van der Waals surface area contributed by atoms with Gasteiger partial charge in [0.05, 0.1) is 0 Å². The van der Waals surface area contributed by atoms with Gasteiger partial charge in [0.15, 0.2) is 0 Å². The van der Waals surface area contributed by atoms with Gasteiger partial charge in [0.2, 0.25) is 0 Å². The Bertz CT molecular complexity index is 383. The lowest BCUT2D eigenvalue weighted by Crippen LogP contribution is -2.48. The highest BCUT2D eigenvalue weighted by atomic mass is 15.2. The number of benzene rings is 1. The monoisotopic (exact) mass is 248 g/mol. The first-order valence-corrected chi connectivity index (χ1v) is 6.79. The first-order valence-electron chi connectivity index (χ1n) is 6.79. The molecular weight excluding hydrogens is 220 g/mol. The molecule has 0 unspecified atom stereocenters. The summed E-state index contributed by atoms with van der Waals surface area (Å²) >= 11 is 0. The molecule has 0 atom stereocenters. The van der Waals surface area contributed by atoms with Crippen molar-refractivity contribution in [1.29, 1.82) is 0 Å². The summed E-state index contributed by atoms with van der Waals surface area (Å²) in [7, 11) is 4.22. The van der Waals surface area contributed by atoms with E-state index in [0.717, 1.165) is 19.5 Å². The van der Waals surface area contributed by atoms with Gasteiger partial charge < -0.3 is 5.32 Å². The van der Waals surface area contributed by atoms with E-state index in [0.29, 0.717) is 0 Å². The van der Waals surface area contributed by atoms with Gasteiger partial charge in [-0.2, -0.15) is 0 Å². The summed E-state index contributed by atoms with van der Waals surface area (Å²) in [6, 6.07) is 6.75. The minimum absolute atomic E-state index is 0.202. The standard InChI is InChI=1S/C16H28N2/c1-13-7-8-15(14(2)11-13)9-10-18(6)16(3,4)12-17-5/h7-8,11,17H,9-10,12H2,1-6H3. The molecule has 2 nitrogen and oxygen atoms in total. The largest absolute Gasteiger partial charge is 0.318 e. The van der Waals surface area contributed by atoms with E-state index in [2.05, 4.69) is 63.2 Å². The SMILES string of the molecule is CNCC(C)(C)N(C)CCc1ccc(C)cc1C. The van der Waals surface area contributed by atoms with Gasteiger partial charge in [0.1, 0.15) is 0 Å². The van der Waals surface area contributed by atoms with E-state index < -0.39 is 0 Å². The van der Waals surface area contributed by atoms with Crippen LogP contribution in [0.25, 0.3) is 0 Å². The van der Waals surface area contributed by atoms with Crippen molar-refractivity contribution in [1.82, 2.24) is 10.2 Å². The molecule has 2 heteroatoms. The first-order chi connectivity index (χ1) is 8.36. The summed E-state index contributed by atoms with van der Waals surface area (Å²) in [5.41, 5.74) is 4.43. The molecule has 1 rings (SSSR count). The number of likely N-dealkylation sites (N-methyl/N-ethyl adjacent to an activating group) is 2. The molecule has 1 N–H and O–H groups in total. The summed E-state index contributed by atoms with van der Waals surface area (Å²) < 4.78 is 0. The Hall–Kier alpha value is -0.860. The van der Waals surface area contributed by atoms with Gasteiger partial charge in [0, 0.05) is 18.6 Å². The molecular formula is C16H28N2. The molecule has 0 heterocycles. The van der Waals surface area contributed by atoms with E-state index in [1.54, 1.807) is 0 Å². The van der Waals surface area contributed by atoms with Crippen molar-refractivity contribution in [2.75, 3.05) is 27.2 Å². The highest BCUT2D eigenvalue weighted by Crippen LogP contribution is 2.15. The summed E-state index contributed by atoms with van der Waals surface area (Å²) in [4.78, 5) is 2.43. The van der Waals surface area contributed by atoms with Crippen LogP contribution in [0.2, 0.25) is 0 Å². The van der Waals surface area contributed by atoms with Gasteiger partial charge >= 0.3 is 0 Å². The molecule has 0 spiro atoms. The minimum atomic E-state index is 0.202. The normalized spacial score (nSPS) is 12.2. The predicted molar refractivity (Wildman–Crippen MR) is 80.3 cm³/mol. The third-order valence-corrected chi connectivity index (χ3v) is 3.86. The Morgan fingerprint density at radius 3 is 2.44 bits per heavy atom. The second-order valence-electron chi connectivity index (χ2n) is 5.94. The van der Waals surface area contributed by atoms with Crippen molar-refractivity contribution in [3.05, 3.63) is 34.9 Å². The Morgan fingerprint density at radius 2 is 1.89 bits per heavy atom. The van der Waals surface area contributed by atoms with Gasteiger partial charge in [-0.15, -0.1) is 0 Å². The van der Waals surface area contributed by atoms with Crippen molar-refractivity contribution in [3.63, 3.8) is 0 Å². The van der Waals surface area contributed by atoms with E-state index in [9.17, 15) is 0 Å². The number of hydrogen-bond acceptors (Lipinski definition) is 2. The van der Waals surface area contributed by atoms with Gasteiger partial charge in [0.25, 0.3) is 0 Å². The maximum atomic E-state index is 3.26. The fraction of sp³-hybridized carbons (Fsp3) is 0.625. The van der Waals surface area contributed by atoms with Crippen LogP contribution in [0.5, 0.6) is 0 Å². The Kier molecular flexibility index (Phi) is 5.36. The second kappa shape index (κ2) is 6.35. The molecule has 0 bridgehead atoms. The summed E-state index contributed by atoms with van der Waals surface area (Å²) in [5, 5.41) is 3.26. The topological polar surface area (TPSA) is 15.3 Å². The van der Waals surface area contributed by atoms with Crippen LogP contribution >= 0.6 is 0 Å². The third kappa shape index (κ3) is 4.11. The number of rotatable bonds is 6. The maximum Gasteiger partial charge on any atom is 0.0274 e. The van der Waals surface area contributed by atoms with Crippen LogP contribution in [-0.4, -0.2) is 37.6 Å². The van der Waals surface area contributed by atoms with E-state index in [-0.39, 0.29) is 5.54 Å². The molecule has 0 fully saturated rings. The number of hydrogen-bond donors (Lipinski definition) is 1. The zero-order valence-electron chi connectivity index (χ0n) is 12.8. The van der Waals surface area contributed by atoms with E-state index in [4.69, 9.17) is 0 Å². The van der Waals surface area contributed by atoms with Crippen LogP contribution in [0.4, 0.5) is 0 Å². The van der Waals surface area contributed by atoms with Crippen LogP contribution in [0, 0.1) is 13.8 Å². The van der Waals surface area contributed by atoms with Crippen LogP contribution < -0.4 is 5.32 Å². The lowest BCUT2D eigenvalue weighted by atomic mass is 10.00. The second-order valence-corrected chi connectivity index (χ2v) is 5.94. The molecule has 102 valence electrons. The van der Waals surface area contributed by atoms with Crippen molar-refractivity contribution in [2.24, 2.45) is 0 Å². The fourth-order valence-electron chi connectivity index (χ4n) is 2.28. The van der Waals surface area contributed by atoms with Crippen molar-refractivity contribution >= 4 is 0 Å². The highest BCUT2D eigenvalue weighted by Gasteiger charge is 2.22. The van der Waals surface area contributed by atoms with Gasteiger partial charge in [-0.05, 0) is 59.3 Å². The van der Waals surface area contributed by atoms with E-state index in [1.807, 2.05) is 7.05 Å². The number of nitrogens with one attached hydrogen (secondary N) is 1. The molecule has 1 aromatic carbocycles. The quantitative estimate of drug-likeness (QED) is 0.833. The zero-order chi connectivity index (χ0) is 13.8. The molecule has 18 heavy (non-hydrogen) atoms. The van der Waals surface area contributed by atoms with Crippen molar-refractivity contribution in [3.8, 4) is 0 Å². The van der Waals surface area contributed by atoms with Crippen LogP contribution in [0.15, 0.2) is 18.2 Å². The Labute approximate surface area is 112 Å². The third-order valence-electron chi connectivity index (χ3n) is 3.86. The summed E-state index contributed by atoms with van der Waals surface area (Å²) in [5.74, 6) is 0. The lowest BCUT2D eigenvalue weighted by molar-refractivity contribution is 0.157. The smallest absolute Gasteiger partial charge is 0.0274 e. The minimum Gasteiger partial charge on any atom is -0.318 e. The van der Waals surface area contributed by atoms with Gasteiger partial charge in [-0.25, -0.2) is 0 Å². The average molecular weight is 248 g/mol. The first kappa shape index (κ1) is 15.2. The number of nitrogens with zero attached hydrogens (tertiary/aromatic N) is 1.